The minimum absolute atomic E-state index is 0.170. The number of thiophene rings is 1. The van der Waals surface area contributed by atoms with Crippen molar-refractivity contribution in [2.75, 3.05) is 7.11 Å². The highest BCUT2D eigenvalue weighted by Gasteiger charge is 2.20. The van der Waals surface area contributed by atoms with Crippen molar-refractivity contribution in [3.05, 3.63) is 44.3 Å². The maximum absolute atomic E-state index is 5.67. The summed E-state index contributed by atoms with van der Waals surface area (Å²) in [4.78, 5) is 5.46. The average Bonchev–Trinajstić information content (AvgIpc) is 2.71. The Morgan fingerprint density at radius 2 is 2.33 bits per heavy atom. The molecule has 0 amide bonds. The van der Waals surface area contributed by atoms with Crippen molar-refractivity contribution in [3.63, 3.8) is 0 Å². The van der Waals surface area contributed by atoms with E-state index in [9.17, 15) is 0 Å². The molecule has 0 saturated heterocycles. The van der Waals surface area contributed by atoms with Gasteiger partial charge in [0, 0.05) is 11.1 Å². The van der Waals surface area contributed by atoms with E-state index in [-0.39, 0.29) is 6.04 Å². The Kier molecular flexibility index (Phi) is 4.34. The van der Waals surface area contributed by atoms with Gasteiger partial charge in [-0.15, -0.1) is 11.3 Å². The van der Waals surface area contributed by atoms with Crippen molar-refractivity contribution in [2.24, 2.45) is 5.84 Å². The van der Waals surface area contributed by atoms with E-state index in [4.69, 9.17) is 10.6 Å². The molecule has 0 aliphatic rings. The number of nitrogens with two attached hydrogens (primary N) is 1. The summed E-state index contributed by atoms with van der Waals surface area (Å²) < 4.78 is 6.43. The zero-order valence-electron chi connectivity index (χ0n) is 10.1. The molecular formula is C12H14BrN3OS. The number of nitrogens with one attached hydrogen (secondary N) is 1. The topological polar surface area (TPSA) is 60.2 Å². The molecule has 1 atom stereocenters. The fourth-order valence-corrected chi connectivity index (χ4v) is 3.35. The van der Waals surface area contributed by atoms with Crippen molar-refractivity contribution in [1.29, 1.82) is 0 Å². The summed E-state index contributed by atoms with van der Waals surface area (Å²) in [7, 11) is 1.63. The third kappa shape index (κ3) is 2.56. The summed E-state index contributed by atoms with van der Waals surface area (Å²) in [5.41, 5.74) is 4.77. The SMILES string of the molecule is COc1cccnc1C(NN)c1cc(C)c(Br)s1. The van der Waals surface area contributed by atoms with Crippen molar-refractivity contribution in [3.8, 4) is 5.75 Å². The van der Waals surface area contributed by atoms with Crippen LogP contribution in [0.15, 0.2) is 28.2 Å². The second kappa shape index (κ2) is 5.79. The van der Waals surface area contributed by atoms with Crippen LogP contribution in [0, 0.1) is 6.92 Å². The fraction of sp³-hybridized carbons (Fsp3) is 0.250. The summed E-state index contributed by atoms with van der Waals surface area (Å²) in [5, 5.41) is 0. The zero-order chi connectivity index (χ0) is 13.1. The summed E-state index contributed by atoms with van der Waals surface area (Å²) in [5.74, 6) is 6.39. The minimum Gasteiger partial charge on any atom is -0.495 e. The molecule has 2 heterocycles. The number of aromatic nitrogens is 1. The van der Waals surface area contributed by atoms with Gasteiger partial charge in [0.15, 0.2) is 0 Å². The monoisotopic (exact) mass is 327 g/mol. The number of methoxy groups -OCH3 is 1. The Hall–Kier alpha value is -0.950. The van der Waals surface area contributed by atoms with Crippen LogP contribution in [-0.4, -0.2) is 12.1 Å². The Morgan fingerprint density at radius 1 is 1.56 bits per heavy atom. The first kappa shape index (κ1) is 13.5. The molecule has 2 aromatic rings. The number of nitrogens with zero attached hydrogens (tertiary/aromatic N) is 1. The molecule has 0 spiro atoms. The van der Waals surface area contributed by atoms with Crippen molar-refractivity contribution < 1.29 is 4.74 Å². The van der Waals surface area contributed by atoms with Gasteiger partial charge >= 0.3 is 0 Å². The van der Waals surface area contributed by atoms with E-state index in [1.807, 2.05) is 19.1 Å². The van der Waals surface area contributed by atoms with E-state index < -0.39 is 0 Å². The largest absolute Gasteiger partial charge is 0.495 e. The van der Waals surface area contributed by atoms with E-state index in [1.165, 1.54) is 5.56 Å². The van der Waals surface area contributed by atoms with Gasteiger partial charge in [0.25, 0.3) is 0 Å². The summed E-state index contributed by atoms with van der Waals surface area (Å²) in [6, 6.07) is 5.64. The predicted octanol–water partition coefficient (Wildman–Crippen LogP) is 2.78. The predicted molar refractivity (Wildman–Crippen MR) is 76.7 cm³/mol. The molecule has 0 aliphatic carbocycles. The quantitative estimate of drug-likeness (QED) is 0.669. The molecule has 2 aromatic heterocycles. The number of hydrogen-bond donors (Lipinski definition) is 2. The Bertz CT molecular complexity index is 524. The van der Waals surface area contributed by atoms with Gasteiger partial charge in [-0.25, -0.2) is 5.43 Å². The number of pyridine rings is 1. The van der Waals surface area contributed by atoms with Gasteiger partial charge < -0.3 is 4.74 Å². The van der Waals surface area contributed by atoms with Gasteiger partial charge in [0.1, 0.15) is 17.5 Å². The van der Waals surface area contributed by atoms with E-state index in [2.05, 4.69) is 32.4 Å². The molecule has 0 saturated carbocycles. The van der Waals surface area contributed by atoms with Gasteiger partial charge in [0.05, 0.1) is 10.9 Å². The minimum atomic E-state index is -0.170. The van der Waals surface area contributed by atoms with Crippen LogP contribution in [-0.2, 0) is 0 Å². The summed E-state index contributed by atoms with van der Waals surface area (Å²) in [6.45, 7) is 2.05. The van der Waals surface area contributed by atoms with Crippen molar-refractivity contribution in [2.45, 2.75) is 13.0 Å². The van der Waals surface area contributed by atoms with Crippen LogP contribution in [0.3, 0.4) is 0 Å². The second-order valence-corrected chi connectivity index (χ2v) is 6.20. The standard InChI is InChI=1S/C12H14BrN3OS/c1-7-6-9(18-12(7)13)11(16-14)10-8(17-2)4-3-5-15-10/h3-6,11,16H,14H2,1-2H3. The fourth-order valence-electron chi connectivity index (χ4n) is 1.71. The van der Waals surface area contributed by atoms with Gasteiger partial charge in [-0.05, 0) is 46.6 Å². The first-order chi connectivity index (χ1) is 8.67. The molecular weight excluding hydrogens is 314 g/mol. The molecule has 6 heteroatoms. The number of rotatable bonds is 4. The molecule has 4 nitrogen and oxygen atoms in total. The lowest BCUT2D eigenvalue weighted by atomic mass is 10.1. The Morgan fingerprint density at radius 3 is 2.89 bits per heavy atom. The number of hydrogen-bond acceptors (Lipinski definition) is 5. The molecule has 2 rings (SSSR count). The molecule has 96 valence electrons. The summed E-state index contributed by atoms with van der Waals surface area (Å²) >= 11 is 5.16. The van der Waals surface area contributed by atoms with E-state index in [1.54, 1.807) is 24.6 Å². The van der Waals surface area contributed by atoms with Gasteiger partial charge in [0.2, 0.25) is 0 Å². The van der Waals surface area contributed by atoms with Crippen LogP contribution in [0.4, 0.5) is 0 Å². The molecule has 0 radical (unpaired) electrons. The molecule has 0 fully saturated rings. The lowest BCUT2D eigenvalue weighted by Crippen LogP contribution is -2.29. The second-order valence-electron chi connectivity index (χ2n) is 3.80. The summed E-state index contributed by atoms with van der Waals surface area (Å²) in [6.07, 6.45) is 1.73. The highest BCUT2D eigenvalue weighted by Crippen LogP contribution is 2.35. The van der Waals surface area contributed by atoms with Gasteiger partial charge in [-0.3, -0.25) is 10.8 Å². The number of ether oxygens (including phenoxy) is 1. The normalized spacial score (nSPS) is 12.4. The maximum atomic E-state index is 5.67. The van der Waals surface area contributed by atoms with Gasteiger partial charge in [-0.1, -0.05) is 0 Å². The van der Waals surface area contributed by atoms with E-state index >= 15 is 0 Å². The van der Waals surface area contributed by atoms with Crippen LogP contribution in [0.5, 0.6) is 5.75 Å². The maximum Gasteiger partial charge on any atom is 0.142 e. The Balaban J connectivity index is 2.45. The molecule has 0 bridgehead atoms. The zero-order valence-corrected chi connectivity index (χ0v) is 12.5. The van der Waals surface area contributed by atoms with Gasteiger partial charge in [-0.2, -0.15) is 0 Å². The van der Waals surface area contributed by atoms with Crippen LogP contribution in [0.2, 0.25) is 0 Å². The van der Waals surface area contributed by atoms with Crippen molar-refractivity contribution in [1.82, 2.24) is 10.4 Å². The first-order valence-electron chi connectivity index (χ1n) is 5.38. The number of hydrazine groups is 1. The van der Waals surface area contributed by atoms with E-state index in [0.717, 1.165) is 20.1 Å². The molecule has 0 aromatic carbocycles. The average molecular weight is 328 g/mol. The first-order valence-corrected chi connectivity index (χ1v) is 6.99. The highest BCUT2D eigenvalue weighted by atomic mass is 79.9. The van der Waals surface area contributed by atoms with Crippen molar-refractivity contribution >= 4 is 27.3 Å². The third-order valence-corrected chi connectivity index (χ3v) is 4.82. The number of aryl methyl sites for hydroxylation is 1. The lowest BCUT2D eigenvalue weighted by molar-refractivity contribution is 0.401. The Labute approximate surface area is 118 Å². The molecule has 1 unspecified atom stereocenters. The van der Waals surface area contributed by atoms with Crippen LogP contribution >= 0.6 is 27.3 Å². The molecule has 0 aliphatic heterocycles. The van der Waals surface area contributed by atoms with E-state index in [0.29, 0.717) is 0 Å². The van der Waals surface area contributed by atoms with Crippen LogP contribution in [0.25, 0.3) is 0 Å². The lowest BCUT2D eigenvalue weighted by Gasteiger charge is -2.16. The van der Waals surface area contributed by atoms with Crippen LogP contribution < -0.4 is 16.0 Å². The highest BCUT2D eigenvalue weighted by molar-refractivity contribution is 9.11. The third-order valence-electron chi connectivity index (χ3n) is 2.62. The smallest absolute Gasteiger partial charge is 0.142 e. The van der Waals surface area contributed by atoms with Crippen LogP contribution in [0.1, 0.15) is 22.2 Å². The number of halogens is 1. The molecule has 3 N–H and O–H groups in total. The molecule has 18 heavy (non-hydrogen) atoms.